The molecule has 1 atom stereocenters. The van der Waals surface area contributed by atoms with Crippen LogP contribution in [0.2, 0.25) is 0 Å². The Bertz CT molecular complexity index is 579. The number of carboxylic acid groups (broad SMARTS) is 1. The standard InChI is InChI=1S/C12H9F5O4S/c1-4(18)22-3-5(12(19)20)2-21-11-9(16)7(14)6(13)8(15)10(11)17/h5H,2-3H2,1H3,(H,19,20). The molecule has 0 aliphatic carbocycles. The number of hydrogen-bond acceptors (Lipinski definition) is 4. The van der Waals surface area contributed by atoms with Crippen LogP contribution < -0.4 is 4.74 Å². The van der Waals surface area contributed by atoms with Gasteiger partial charge < -0.3 is 9.84 Å². The molecular weight excluding hydrogens is 335 g/mol. The predicted octanol–water partition coefficient (Wildman–Crippen LogP) is 2.74. The summed E-state index contributed by atoms with van der Waals surface area (Å²) >= 11 is 0.625. The third kappa shape index (κ3) is 4.09. The molecule has 0 spiro atoms. The molecule has 0 heterocycles. The van der Waals surface area contributed by atoms with Crippen molar-refractivity contribution in [2.45, 2.75) is 6.92 Å². The second-order valence-electron chi connectivity index (χ2n) is 4.05. The van der Waals surface area contributed by atoms with E-state index in [0.717, 1.165) is 0 Å². The molecule has 0 saturated heterocycles. The van der Waals surface area contributed by atoms with Crippen LogP contribution in [0.25, 0.3) is 0 Å². The number of halogens is 5. The summed E-state index contributed by atoms with van der Waals surface area (Å²) in [5.74, 6) is -15.8. The lowest BCUT2D eigenvalue weighted by Gasteiger charge is -2.14. The molecule has 122 valence electrons. The fraction of sp³-hybridized carbons (Fsp3) is 0.333. The van der Waals surface area contributed by atoms with E-state index in [1.54, 1.807) is 0 Å². The van der Waals surface area contributed by atoms with Crippen LogP contribution in [0.3, 0.4) is 0 Å². The highest BCUT2D eigenvalue weighted by Crippen LogP contribution is 2.29. The van der Waals surface area contributed by atoms with Crippen molar-refractivity contribution < 1.29 is 41.4 Å². The maximum absolute atomic E-state index is 13.3. The zero-order valence-electron chi connectivity index (χ0n) is 11.0. The van der Waals surface area contributed by atoms with Crippen LogP contribution >= 0.6 is 11.8 Å². The van der Waals surface area contributed by atoms with Gasteiger partial charge in [-0.15, -0.1) is 0 Å². The third-order valence-electron chi connectivity index (χ3n) is 2.44. The number of carbonyl (C=O) groups is 2. The first kappa shape index (κ1) is 18.2. The minimum absolute atomic E-state index is 0.278. The molecule has 0 aromatic heterocycles. The molecule has 0 saturated carbocycles. The second kappa shape index (κ2) is 7.43. The van der Waals surface area contributed by atoms with Crippen LogP contribution in [-0.4, -0.2) is 28.6 Å². The molecule has 0 radical (unpaired) electrons. The number of hydrogen-bond donors (Lipinski definition) is 1. The Labute approximate surface area is 125 Å². The molecule has 1 rings (SSSR count). The van der Waals surface area contributed by atoms with E-state index < -0.39 is 58.4 Å². The van der Waals surface area contributed by atoms with Gasteiger partial charge in [-0.05, 0) is 0 Å². The van der Waals surface area contributed by atoms with Gasteiger partial charge in [-0.1, -0.05) is 11.8 Å². The van der Waals surface area contributed by atoms with Gasteiger partial charge in [-0.3, -0.25) is 9.59 Å². The highest BCUT2D eigenvalue weighted by Gasteiger charge is 2.28. The van der Waals surface area contributed by atoms with Gasteiger partial charge in [0.05, 0.1) is 0 Å². The first-order chi connectivity index (χ1) is 10.2. The molecular formula is C12H9F5O4S. The Hall–Kier alpha value is -1.84. The molecule has 10 heteroatoms. The first-order valence-electron chi connectivity index (χ1n) is 5.67. The number of aliphatic carboxylic acids is 1. The fourth-order valence-electron chi connectivity index (χ4n) is 1.30. The van der Waals surface area contributed by atoms with E-state index in [1.165, 1.54) is 6.92 Å². The van der Waals surface area contributed by atoms with Gasteiger partial charge in [0.1, 0.15) is 12.5 Å². The summed E-state index contributed by atoms with van der Waals surface area (Å²) in [7, 11) is 0. The zero-order chi connectivity index (χ0) is 17.0. The summed E-state index contributed by atoms with van der Waals surface area (Å²) < 4.78 is 69.8. The van der Waals surface area contributed by atoms with Crippen LogP contribution in [0.5, 0.6) is 5.75 Å². The van der Waals surface area contributed by atoms with Gasteiger partial charge in [-0.2, -0.15) is 8.78 Å². The molecule has 0 amide bonds. The van der Waals surface area contributed by atoms with Crippen LogP contribution in [0.15, 0.2) is 0 Å². The Kier molecular flexibility index (Phi) is 6.15. The summed E-state index contributed by atoms with van der Waals surface area (Å²) in [6.07, 6.45) is 0. The van der Waals surface area contributed by atoms with Crippen molar-refractivity contribution in [2.24, 2.45) is 5.92 Å². The van der Waals surface area contributed by atoms with Crippen LogP contribution in [0.1, 0.15) is 6.92 Å². The quantitative estimate of drug-likeness (QED) is 0.488. The fourth-order valence-corrected chi connectivity index (χ4v) is 1.98. The molecule has 0 aliphatic heterocycles. The van der Waals surface area contributed by atoms with Crippen molar-refractivity contribution in [3.8, 4) is 5.75 Å². The van der Waals surface area contributed by atoms with Crippen LogP contribution in [-0.2, 0) is 9.59 Å². The molecule has 1 aromatic rings. The van der Waals surface area contributed by atoms with Gasteiger partial charge in [-0.25, -0.2) is 13.2 Å². The Morgan fingerprint density at radius 3 is 1.91 bits per heavy atom. The highest BCUT2D eigenvalue weighted by atomic mass is 32.2. The van der Waals surface area contributed by atoms with E-state index in [1.807, 2.05) is 0 Å². The minimum Gasteiger partial charge on any atom is -0.487 e. The molecule has 22 heavy (non-hydrogen) atoms. The molecule has 0 aliphatic rings. The summed E-state index contributed by atoms with van der Waals surface area (Å²) in [6, 6.07) is 0. The Morgan fingerprint density at radius 1 is 1.05 bits per heavy atom. The Balaban J connectivity index is 2.95. The lowest BCUT2D eigenvalue weighted by molar-refractivity contribution is -0.141. The van der Waals surface area contributed by atoms with Crippen molar-refractivity contribution in [2.75, 3.05) is 12.4 Å². The number of rotatable bonds is 6. The van der Waals surface area contributed by atoms with Crippen LogP contribution in [0, 0.1) is 35.0 Å². The number of ether oxygens (including phenoxy) is 1. The van der Waals surface area contributed by atoms with Crippen molar-refractivity contribution in [3.05, 3.63) is 29.1 Å². The van der Waals surface area contributed by atoms with Crippen molar-refractivity contribution in [1.82, 2.24) is 0 Å². The largest absolute Gasteiger partial charge is 0.487 e. The highest BCUT2D eigenvalue weighted by molar-refractivity contribution is 8.13. The minimum atomic E-state index is -2.34. The maximum atomic E-state index is 13.3. The molecule has 1 aromatic carbocycles. The van der Waals surface area contributed by atoms with Crippen molar-refractivity contribution in [3.63, 3.8) is 0 Å². The molecule has 4 nitrogen and oxygen atoms in total. The van der Waals surface area contributed by atoms with Gasteiger partial charge in [0.2, 0.25) is 29.1 Å². The summed E-state index contributed by atoms with van der Waals surface area (Å²) in [5.41, 5.74) is 0. The van der Waals surface area contributed by atoms with E-state index in [4.69, 9.17) is 5.11 Å². The van der Waals surface area contributed by atoms with Crippen LogP contribution in [0.4, 0.5) is 22.0 Å². The number of thioether (sulfide) groups is 1. The number of carboxylic acids is 1. The van der Waals surface area contributed by atoms with Crippen molar-refractivity contribution >= 4 is 22.8 Å². The average molecular weight is 344 g/mol. The zero-order valence-corrected chi connectivity index (χ0v) is 11.8. The summed E-state index contributed by atoms with van der Waals surface area (Å²) in [4.78, 5) is 21.6. The monoisotopic (exact) mass is 344 g/mol. The second-order valence-corrected chi connectivity index (χ2v) is 5.24. The van der Waals surface area contributed by atoms with Crippen molar-refractivity contribution in [1.29, 1.82) is 0 Å². The Morgan fingerprint density at radius 2 is 1.50 bits per heavy atom. The van der Waals surface area contributed by atoms with E-state index in [-0.39, 0.29) is 5.75 Å². The maximum Gasteiger partial charge on any atom is 0.310 e. The molecule has 0 bridgehead atoms. The van der Waals surface area contributed by atoms with Gasteiger partial charge in [0.15, 0.2) is 10.9 Å². The van der Waals surface area contributed by atoms with E-state index in [0.29, 0.717) is 11.8 Å². The van der Waals surface area contributed by atoms with E-state index in [2.05, 4.69) is 4.74 Å². The summed E-state index contributed by atoms with van der Waals surface area (Å²) in [5, 5.41) is 8.46. The summed E-state index contributed by atoms with van der Waals surface area (Å²) in [6.45, 7) is 0.308. The first-order valence-corrected chi connectivity index (χ1v) is 6.65. The molecule has 1 unspecified atom stereocenters. The lowest BCUT2D eigenvalue weighted by atomic mass is 10.2. The predicted molar refractivity (Wildman–Crippen MR) is 66.0 cm³/mol. The topological polar surface area (TPSA) is 63.6 Å². The number of carbonyl (C=O) groups excluding carboxylic acids is 1. The van der Waals surface area contributed by atoms with Gasteiger partial charge in [0.25, 0.3) is 0 Å². The van der Waals surface area contributed by atoms with Gasteiger partial charge in [0, 0.05) is 12.7 Å². The molecule has 0 fully saturated rings. The molecule has 1 N–H and O–H groups in total. The van der Waals surface area contributed by atoms with Gasteiger partial charge >= 0.3 is 5.97 Å². The number of benzene rings is 1. The van der Waals surface area contributed by atoms with E-state index in [9.17, 15) is 31.5 Å². The SMILES string of the molecule is CC(=O)SCC(COc1c(F)c(F)c(F)c(F)c1F)C(=O)O. The normalized spacial score (nSPS) is 12.1. The third-order valence-corrected chi connectivity index (χ3v) is 3.41. The smallest absolute Gasteiger partial charge is 0.310 e. The lowest BCUT2D eigenvalue weighted by Crippen LogP contribution is -2.25. The van der Waals surface area contributed by atoms with E-state index >= 15 is 0 Å². The average Bonchev–Trinajstić information content (AvgIpc) is 2.45.